The molecule has 0 bridgehead atoms. The average molecular weight is 507 g/mol. The predicted octanol–water partition coefficient (Wildman–Crippen LogP) is 10.0. The van der Waals surface area contributed by atoms with E-state index in [2.05, 4.69) is 61.8 Å². The first-order chi connectivity index (χ1) is 18.7. The van der Waals surface area contributed by atoms with E-state index in [4.69, 9.17) is 0 Å². The van der Waals surface area contributed by atoms with Crippen LogP contribution in [0.3, 0.4) is 0 Å². The van der Waals surface area contributed by atoms with Gasteiger partial charge < -0.3 is 0 Å². The molecule has 0 unspecified atom stereocenters. The van der Waals surface area contributed by atoms with Gasteiger partial charge in [0.2, 0.25) is 0 Å². The standard InChI is InChI=1S/C37H43F/c1-3-5-7-8-9-10-11-13-15-32-18-22-34(23-19-32)26-28-36-29-27-35(30-37(36)38)25-24-33-20-16-31(17-21-33)14-12-6-4-2/h16-23,27,29-30H,3-15H2,1-2H3. The molecular formula is C37H43F. The van der Waals surface area contributed by atoms with Crippen molar-refractivity contribution < 1.29 is 4.39 Å². The largest absolute Gasteiger partial charge is 0.206 e. The van der Waals surface area contributed by atoms with Crippen LogP contribution in [0.5, 0.6) is 0 Å². The molecule has 0 heterocycles. The zero-order valence-electron chi connectivity index (χ0n) is 23.4. The Morgan fingerprint density at radius 1 is 0.474 bits per heavy atom. The molecule has 0 aromatic heterocycles. The SMILES string of the molecule is CCCCCCCCCCc1ccc(C#Cc2ccc(C#Cc3ccc(CCCCC)cc3)cc2F)cc1. The van der Waals surface area contributed by atoms with Crippen molar-refractivity contribution in [2.75, 3.05) is 0 Å². The summed E-state index contributed by atoms with van der Waals surface area (Å²) in [4.78, 5) is 0. The quantitative estimate of drug-likeness (QED) is 0.160. The number of halogens is 1. The second-order valence-electron chi connectivity index (χ2n) is 10.3. The molecule has 0 aliphatic heterocycles. The van der Waals surface area contributed by atoms with Crippen LogP contribution in [0.2, 0.25) is 0 Å². The molecule has 0 nitrogen and oxygen atoms in total. The molecule has 0 saturated carbocycles. The lowest BCUT2D eigenvalue weighted by molar-refractivity contribution is 0.575. The highest BCUT2D eigenvalue weighted by Crippen LogP contribution is 2.14. The van der Waals surface area contributed by atoms with Crippen molar-refractivity contribution in [3.05, 3.63) is 106 Å². The van der Waals surface area contributed by atoms with Crippen LogP contribution >= 0.6 is 0 Å². The van der Waals surface area contributed by atoms with E-state index >= 15 is 0 Å². The molecule has 0 fully saturated rings. The molecule has 0 spiro atoms. The van der Waals surface area contributed by atoms with Gasteiger partial charge in [-0.2, -0.15) is 0 Å². The summed E-state index contributed by atoms with van der Waals surface area (Å²) in [5.41, 5.74) is 5.60. The number of unbranched alkanes of at least 4 members (excludes halogenated alkanes) is 9. The highest BCUT2D eigenvalue weighted by Gasteiger charge is 2.01. The van der Waals surface area contributed by atoms with Crippen molar-refractivity contribution in [2.45, 2.75) is 97.3 Å². The maximum absolute atomic E-state index is 14.7. The molecule has 0 saturated heterocycles. The second kappa shape index (κ2) is 17.3. The smallest absolute Gasteiger partial charge is 0.140 e. The van der Waals surface area contributed by atoms with E-state index in [0.717, 1.165) is 24.0 Å². The van der Waals surface area contributed by atoms with E-state index in [1.54, 1.807) is 6.07 Å². The Morgan fingerprint density at radius 3 is 1.45 bits per heavy atom. The van der Waals surface area contributed by atoms with Gasteiger partial charge in [0.25, 0.3) is 0 Å². The first-order valence-electron chi connectivity index (χ1n) is 14.7. The monoisotopic (exact) mass is 506 g/mol. The summed E-state index contributed by atoms with van der Waals surface area (Å²) in [5, 5.41) is 0. The maximum Gasteiger partial charge on any atom is 0.140 e. The first kappa shape index (κ1) is 29.3. The fraction of sp³-hybridized carbons (Fsp3) is 0.405. The fourth-order valence-corrected chi connectivity index (χ4v) is 4.53. The van der Waals surface area contributed by atoms with Gasteiger partial charge in [-0.1, -0.05) is 120 Å². The zero-order valence-corrected chi connectivity index (χ0v) is 23.4. The van der Waals surface area contributed by atoms with Gasteiger partial charge in [-0.25, -0.2) is 4.39 Å². The molecule has 0 aliphatic carbocycles. The number of hydrogen-bond donors (Lipinski definition) is 0. The molecule has 198 valence electrons. The Bertz CT molecular complexity index is 1210. The normalized spacial score (nSPS) is 10.4. The lowest BCUT2D eigenvalue weighted by atomic mass is 10.0. The van der Waals surface area contributed by atoms with Crippen LogP contribution < -0.4 is 0 Å². The van der Waals surface area contributed by atoms with E-state index in [9.17, 15) is 4.39 Å². The van der Waals surface area contributed by atoms with Gasteiger partial charge in [0.1, 0.15) is 5.82 Å². The Kier molecular flexibility index (Phi) is 13.3. The van der Waals surface area contributed by atoms with Crippen molar-refractivity contribution in [3.63, 3.8) is 0 Å². The minimum absolute atomic E-state index is 0.332. The van der Waals surface area contributed by atoms with Gasteiger partial charge in [-0.15, -0.1) is 0 Å². The Morgan fingerprint density at radius 2 is 0.895 bits per heavy atom. The van der Waals surface area contributed by atoms with Crippen molar-refractivity contribution in [2.24, 2.45) is 0 Å². The summed E-state index contributed by atoms with van der Waals surface area (Å²) in [5.74, 6) is 12.0. The minimum Gasteiger partial charge on any atom is -0.206 e. The van der Waals surface area contributed by atoms with E-state index in [0.29, 0.717) is 11.1 Å². The van der Waals surface area contributed by atoms with Crippen LogP contribution in [0, 0.1) is 29.5 Å². The Labute approximate surface area is 231 Å². The van der Waals surface area contributed by atoms with Crippen molar-refractivity contribution in [1.29, 1.82) is 0 Å². The summed E-state index contributed by atoms with van der Waals surface area (Å²) in [7, 11) is 0. The summed E-state index contributed by atoms with van der Waals surface area (Å²) in [6.07, 6.45) is 16.6. The summed E-state index contributed by atoms with van der Waals surface area (Å²) in [6, 6.07) is 21.8. The van der Waals surface area contributed by atoms with Gasteiger partial charge in [0, 0.05) is 16.7 Å². The van der Waals surface area contributed by atoms with Crippen molar-refractivity contribution in [3.8, 4) is 23.7 Å². The second-order valence-corrected chi connectivity index (χ2v) is 10.3. The lowest BCUT2D eigenvalue weighted by Crippen LogP contribution is -1.88. The Hall–Kier alpha value is -3.29. The third-order valence-electron chi connectivity index (χ3n) is 6.96. The first-order valence-corrected chi connectivity index (χ1v) is 14.7. The van der Waals surface area contributed by atoms with Gasteiger partial charge >= 0.3 is 0 Å². The predicted molar refractivity (Wildman–Crippen MR) is 161 cm³/mol. The third kappa shape index (κ3) is 11.0. The maximum atomic E-state index is 14.7. The third-order valence-corrected chi connectivity index (χ3v) is 6.96. The van der Waals surface area contributed by atoms with Crippen molar-refractivity contribution >= 4 is 0 Å². The molecule has 38 heavy (non-hydrogen) atoms. The van der Waals surface area contributed by atoms with Crippen LogP contribution in [-0.4, -0.2) is 0 Å². The molecule has 3 aromatic rings. The van der Waals surface area contributed by atoms with Gasteiger partial charge in [0.05, 0.1) is 5.56 Å². The summed E-state index contributed by atoms with van der Waals surface area (Å²) in [6.45, 7) is 4.48. The van der Waals surface area contributed by atoms with Crippen molar-refractivity contribution in [1.82, 2.24) is 0 Å². The van der Waals surface area contributed by atoms with Gasteiger partial charge in [-0.3, -0.25) is 0 Å². The Balaban J connectivity index is 1.47. The molecule has 0 aliphatic rings. The molecule has 1 heteroatoms. The lowest BCUT2D eigenvalue weighted by Gasteiger charge is -2.03. The van der Waals surface area contributed by atoms with Gasteiger partial charge in [-0.05, 0) is 79.3 Å². The van der Waals surface area contributed by atoms with E-state index < -0.39 is 0 Å². The van der Waals surface area contributed by atoms with Crippen LogP contribution in [0.25, 0.3) is 0 Å². The van der Waals surface area contributed by atoms with Crippen LogP contribution in [-0.2, 0) is 12.8 Å². The van der Waals surface area contributed by atoms with E-state index in [1.807, 2.05) is 30.3 Å². The molecule has 3 aromatic carbocycles. The summed E-state index contributed by atoms with van der Waals surface area (Å²) >= 11 is 0. The highest BCUT2D eigenvalue weighted by atomic mass is 19.1. The number of benzene rings is 3. The number of aryl methyl sites for hydroxylation is 2. The number of hydrogen-bond acceptors (Lipinski definition) is 0. The molecular weight excluding hydrogens is 463 g/mol. The average Bonchev–Trinajstić information content (AvgIpc) is 2.94. The van der Waals surface area contributed by atoms with Crippen LogP contribution in [0.4, 0.5) is 4.39 Å². The summed E-state index contributed by atoms with van der Waals surface area (Å²) < 4.78 is 14.7. The molecule has 0 atom stereocenters. The van der Waals surface area contributed by atoms with Crippen LogP contribution in [0.1, 0.15) is 118 Å². The van der Waals surface area contributed by atoms with Crippen LogP contribution in [0.15, 0.2) is 66.7 Å². The molecule has 0 amide bonds. The topological polar surface area (TPSA) is 0 Å². The van der Waals surface area contributed by atoms with E-state index in [1.165, 1.54) is 87.8 Å². The molecule has 3 rings (SSSR count). The van der Waals surface area contributed by atoms with Gasteiger partial charge in [0.15, 0.2) is 0 Å². The molecule has 0 radical (unpaired) electrons. The molecule has 0 N–H and O–H groups in total. The zero-order chi connectivity index (χ0) is 26.8. The minimum atomic E-state index is -0.332. The highest BCUT2D eigenvalue weighted by molar-refractivity contribution is 5.49. The fourth-order valence-electron chi connectivity index (χ4n) is 4.53. The number of rotatable bonds is 13. The van der Waals surface area contributed by atoms with E-state index in [-0.39, 0.29) is 5.82 Å².